The quantitative estimate of drug-likeness (QED) is 0.803. The van der Waals surface area contributed by atoms with E-state index in [1.165, 1.54) is 11.3 Å². The third-order valence-electron chi connectivity index (χ3n) is 3.54. The van der Waals surface area contributed by atoms with E-state index in [1.807, 2.05) is 12.3 Å². The first-order chi connectivity index (χ1) is 9.78. The van der Waals surface area contributed by atoms with E-state index in [-0.39, 0.29) is 0 Å². The molecule has 110 valence electrons. The molecule has 0 saturated carbocycles. The number of nitrogens with one attached hydrogen (secondary N) is 1. The van der Waals surface area contributed by atoms with E-state index in [4.69, 9.17) is 4.42 Å². The minimum Gasteiger partial charge on any atom is -0.472 e. The Hall–Kier alpha value is -1.55. The van der Waals surface area contributed by atoms with Gasteiger partial charge in [-0.05, 0) is 50.4 Å². The molecule has 0 aliphatic carbocycles. The topological polar surface area (TPSA) is 43.0 Å². The molecule has 2 aromatic heterocycles. The van der Waals surface area contributed by atoms with Gasteiger partial charge in [0.05, 0.1) is 30.0 Å². The summed E-state index contributed by atoms with van der Waals surface area (Å²) in [4.78, 5) is 0. The molecule has 0 aromatic carbocycles. The monoisotopic (exact) mass is 275 g/mol. The fourth-order valence-corrected chi connectivity index (χ4v) is 2.44. The van der Waals surface area contributed by atoms with Gasteiger partial charge in [0.15, 0.2) is 0 Å². The van der Waals surface area contributed by atoms with Crippen LogP contribution in [0.2, 0.25) is 0 Å². The van der Waals surface area contributed by atoms with Crippen molar-refractivity contribution >= 4 is 0 Å². The molecule has 0 spiro atoms. The van der Waals surface area contributed by atoms with Crippen molar-refractivity contribution in [3.05, 3.63) is 41.6 Å². The Morgan fingerprint density at radius 2 is 2.20 bits per heavy atom. The average Bonchev–Trinajstić information content (AvgIpc) is 3.12. The van der Waals surface area contributed by atoms with Gasteiger partial charge in [-0.1, -0.05) is 13.8 Å². The van der Waals surface area contributed by atoms with Gasteiger partial charge in [0.1, 0.15) is 0 Å². The molecule has 1 unspecified atom stereocenters. The highest BCUT2D eigenvalue weighted by atomic mass is 16.3. The Bertz CT molecular complexity index is 502. The molecule has 1 N–H and O–H groups in total. The second-order valence-electron chi connectivity index (χ2n) is 5.07. The van der Waals surface area contributed by atoms with Gasteiger partial charge in [0.25, 0.3) is 0 Å². The van der Waals surface area contributed by atoms with Crippen molar-refractivity contribution in [2.24, 2.45) is 0 Å². The number of aromatic nitrogens is 2. The Labute approximate surface area is 121 Å². The molecule has 0 fully saturated rings. The van der Waals surface area contributed by atoms with Gasteiger partial charge < -0.3 is 9.73 Å². The summed E-state index contributed by atoms with van der Waals surface area (Å²) >= 11 is 0. The van der Waals surface area contributed by atoms with Crippen LogP contribution in [0.15, 0.2) is 29.1 Å². The summed E-state index contributed by atoms with van der Waals surface area (Å²) in [6.07, 6.45) is 6.61. The number of aryl methyl sites for hydroxylation is 2. The summed E-state index contributed by atoms with van der Waals surface area (Å²) in [6.45, 7) is 8.40. The van der Waals surface area contributed by atoms with Crippen LogP contribution in [-0.2, 0) is 19.4 Å². The molecule has 4 heteroatoms. The van der Waals surface area contributed by atoms with Gasteiger partial charge in [-0.15, -0.1) is 0 Å². The van der Waals surface area contributed by atoms with Crippen LogP contribution >= 0.6 is 0 Å². The maximum absolute atomic E-state index is 5.19. The highest BCUT2D eigenvalue weighted by Crippen LogP contribution is 2.20. The van der Waals surface area contributed by atoms with Crippen LogP contribution < -0.4 is 5.32 Å². The number of nitrogens with zero attached hydrogens (tertiary/aromatic N) is 2. The van der Waals surface area contributed by atoms with Gasteiger partial charge >= 0.3 is 0 Å². The minimum absolute atomic E-state index is 0.292. The third-order valence-corrected chi connectivity index (χ3v) is 3.54. The van der Waals surface area contributed by atoms with Crippen LogP contribution in [-0.4, -0.2) is 16.3 Å². The lowest BCUT2D eigenvalue weighted by atomic mass is 10.0. The van der Waals surface area contributed by atoms with E-state index >= 15 is 0 Å². The van der Waals surface area contributed by atoms with Crippen molar-refractivity contribution in [1.29, 1.82) is 0 Å². The molecule has 0 radical (unpaired) electrons. The van der Waals surface area contributed by atoms with Crippen LogP contribution in [0.3, 0.4) is 0 Å². The van der Waals surface area contributed by atoms with Crippen LogP contribution in [0.4, 0.5) is 0 Å². The molecule has 0 aliphatic heterocycles. The Kier molecular flexibility index (Phi) is 5.41. The largest absolute Gasteiger partial charge is 0.472 e. The summed E-state index contributed by atoms with van der Waals surface area (Å²) in [6, 6.07) is 4.56. The summed E-state index contributed by atoms with van der Waals surface area (Å²) in [7, 11) is 0. The van der Waals surface area contributed by atoms with E-state index in [0.717, 1.165) is 38.0 Å². The summed E-state index contributed by atoms with van der Waals surface area (Å²) < 4.78 is 7.31. The third kappa shape index (κ3) is 3.51. The molecule has 2 rings (SSSR count). The lowest BCUT2D eigenvalue weighted by Crippen LogP contribution is -2.26. The van der Waals surface area contributed by atoms with Crippen LogP contribution in [0.1, 0.15) is 50.2 Å². The van der Waals surface area contributed by atoms with Crippen molar-refractivity contribution in [2.45, 2.75) is 52.6 Å². The summed E-state index contributed by atoms with van der Waals surface area (Å²) in [5, 5.41) is 8.29. The van der Waals surface area contributed by atoms with Gasteiger partial charge in [0.2, 0.25) is 0 Å². The summed E-state index contributed by atoms with van der Waals surface area (Å²) in [5.41, 5.74) is 3.66. The zero-order valence-corrected chi connectivity index (χ0v) is 12.7. The first-order valence-electron chi connectivity index (χ1n) is 7.59. The fraction of sp³-hybridized carbons (Fsp3) is 0.562. The van der Waals surface area contributed by atoms with E-state index in [0.29, 0.717) is 6.04 Å². The standard InChI is InChI=1S/C16H25N3O/c1-4-8-17-15(10-13-7-9-20-12-13)16-11-14(5-2)18-19(16)6-3/h7,9,11-12,15,17H,4-6,8,10H2,1-3H3. The van der Waals surface area contributed by atoms with Gasteiger partial charge in [-0.3, -0.25) is 4.68 Å². The van der Waals surface area contributed by atoms with Crippen LogP contribution in [0.25, 0.3) is 0 Å². The first-order valence-corrected chi connectivity index (χ1v) is 7.59. The highest BCUT2D eigenvalue weighted by Gasteiger charge is 2.18. The number of hydrogen-bond donors (Lipinski definition) is 1. The minimum atomic E-state index is 0.292. The Balaban J connectivity index is 2.22. The van der Waals surface area contributed by atoms with E-state index in [9.17, 15) is 0 Å². The smallest absolute Gasteiger partial charge is 0.0935 e. The van der Waals surface area contributed by atoms with Crippen molar-refractivity contribution in [3.63, 3.8) is 0 Å². The zero-order chi connectivity index (χ0) is 14.4. The van der Waals surface area contributed by atoms with Crippen molar-refractivity contribution in [3.8, 4) is 0 Å². The molecule has 0 bridgehead atoms. The number of rotatable bonds is 8. The highest BCUT2D eigenvalue weighted by molar-refractivity contribution is 5.18. The molecule has 4 nitrogen and oxygen atoms in total. The second kappa shape index (κ2) is 7.29. The van der Waals surface area contributed by atoms with E-state index in [1.54, 1.807) is 6.26 Å². The van der Waals surface area contributed by atoms with Gasteiger partial charge in [-0.25, -0.2) is 0 Å². The molecule has 2 heterocycles. The van der Waals surface area contributed by atoms with Crippen molar-refractivity contribution in [2.75, 3.05) is 6.54 Å². The van der Waals surface area contributed by atoms with Crippen molar-refractivity contribution in [1.82, 2.24) is 15.1 Å². The van der Waals surface area contributed by atoms with Crippen LogP contribution in [0.5, 0.6) is 0 Å². The fourth-order valence-electron chi connectivity index (χ4n) is 2.44. The second-order valence-corrected chi connectivity index (χ2v) is 5.07. The lowest BCUT2D eigenvalue weighted by molar-refractivity contribution is 0.475. The molecule has 0 amide bonds. The van der Waals surface area contributed by atoms with E-state index < -0.39 is 0 Å². The lowest BCUT2D eigenvalue weighted by Gasteiger charge is -2.19. The first kappa shape index (κ1) is 14.9. The van der Waals surface area contributed by atoms with E-state index in [2.05, 4.69) is 41.9 Å². The molecule has 0 saturated heterocycles. The Morgan fingerprint density at radius 3 is 2.80 bits per heavy atom. The molecule has 2 aromatic rings. The Morgan fingerprint density at radius 1 is 1.35 bits per heavy atom. The van der Waals surface area contributed by atoms with Crippen molar-refractivity contribution < 1.29 is 4.42 Å². The maximum Gasteiger partial charge on any atom is 0.0935 e. The average molecular weight is 275 g/mol. The predicted molar refractivity (Wildman–Crippen MR) is 80.7 cm³/mol. The van der Waals surface area contributed by atoms with Gasteiger partial charge in [-0.2, -0.15) is 5.10 Å². The summed E-state index contributed by atoms with van der Waals surface area (Å²) in [5.74, 6) is 0. The zero-order valence-electron chi connectivity index (χ0n) is 12.7. The normalized spacial score (nSPS) is 12.8. The molecule has 0 aliphatic rings. The predicted octanol–water partition coefficient (Wildman–Crippen LogP) is 3.34. The van der Waals surface area contributed by atoms with Crippen LogP contribution in [0, 0.1) is 0 Å². The number of furan rings is 1. The van der Waals surface area contributed by atoms with Gasteiger partial charge in [0, 0.05) is 6.54 Å². The number of hydrogen-bond acceptors (Lipinski definition) is 3. The maximum atomic E-state index is 5.19. The molecular weight excluding hydrogens is 250 g/mol. The molecule has 1 atom stereocenters. The molecule has 20 heavy (non-hydrogen) atoms. The molecular formula is C16H25N3O. The SMILES string of the molecule is CCCNC(Cc1ccoc1)c1cc(CC)nn1CC.